The second-order valence-corrected chi connectivity index (χ2v) is 11.3. The Hall–Kier alpha value is -5.76. The zero-order valence-electron chi connectivity index (χ0n) is 24.7. The lowest BCUT2D eigenvalue weighted by Crippen LogP contribution is -1.98. The molecule has 0 aliphatic heterocycles. The fourth-order valence-corrected chi connectivity index (χ4v) is 6.01. The molecule has 0 radical (unpaired) electrons. The first kappa shape index (κ1) is 25.9. The highest BCUT2D eigenvalue weighted by atomic mass is 15.1. The van der Waals surface area contributed by atoms with Gasteiger partial charge in [0.25, 0.3) is 0 Å². The quantitative estimate of drug-likeness (QED) is 0.199. The van der Waals surface area contributed by atoms with Crippen molar-refractivity contribution in [3.63, 3.8) is 0 Å². The first-order chi connectivity index (χ1) is 21.4. The summed E-state index contributed by atoms with van der Waals surface area (Å²) in [5.41, 5.74) is 10.6. The van der Waals surface area contributed by atoms with Crippen LogP contribution in [0.4, 0.5) is 0 Å². The van der Waals surface area contributed by atoms with Crippen LogP contribution < -0.4 is 0 Å². The van der Waals surface area contributed by atoms with Crippen molar-refractivity contribution in [2.75, 3.05) is 0 Å². The van der Waals surface area contributed by atoms with Gasteiger partial charge in [-0.15, -0.1) is 0 Å². The Morgan fingerprint density at radius 1 is 0.295 bits per heavy atom. The summed E-state index contributed by atoms with van der Waals surface area (Å²) in [6.07, 6.45) is 0. The van der Waals surface area contributed by atoms with Gasteiger partial charge >= 0.3 is 0 Å². The maximum absolute atomic E-state index is 4.60. The van der Waals surface area contributed by atoms with E-state index >= 15 is 0 Å². The average Bonchev–Trinajstić information content (AvgIpc) is 3.05. The van der Waals surface area contributed by atoms with Gasteiger partial charge in [-0.2, -0.15) is 40.8 Å². The van der Waals surface area contributed by atoms with Gasteiger partial charge < -0.3 is 0 Å². The Morgan fingerprint density at radius 3 is 0.750 bits per heavy atom. The summed E-state index contributed by atoms with van der Waals surface area (Å²) in [4.78, 5) is 0. The average molecular weight is 571 g/mol. The molecule has 8 aromatic rings. The van der Waals surface area contributed by atoms with Gasteiger partial charge in [0.2, 0.25) is 0 Å². The van der Waals surface area contributed by atoms with Crippen molar-refractivity contribution in [1.29, 1.82) is 0 Å². The van der Waals surface area contributed by atoms with Gasteiger partial charge in [0.15, 0.2) is 0 Å². The van der Waals surface area contributed by atoms with E-state index in [1.54, 1.807) is 0 Å². The SMILES string of the molecule is Cc1ccc(-c2cc(-c3ccc(C)nn3)c3ccc4c(-c5ccc(C)nn5)cc(-c5ccc(C)nn5)c5ccc2c3c54)nn1. The molecule has 0 amide bonds. The lowest BCUT2D eigenvalue weighted by molar-refractivity contribution is 0.985. The predicted octanol–water partition coefficient (Wildman–Crippen LogP) is 7.65. The lowest BCUT2D eigenvalue weighted by atomic mass is 9.84. The minimum absolute atomic E-state index is 0.795. The van der Waals surface area contributed by atoms with E-state index in [-0.39, 0.29) is 0 Å². The molecule has 0 atom stereocenters. The van der Waals surface area contributed by atoms with E-state index in [9.17, 15) is 0 Å². The zero-order valence-corrected chi connectivity index (χ0v) is 24.7. The van der Waals surface area contributed by atoms with Crippen LogP contribution in [-0.4, -0.2) is 40.8 Å². The Morgan fingerprint density at radius 2 is 0.545 bits per heavy atom. The van der Waals surface area contributed by atoms with E-state index in [4.69, 9.17) is 0 Å². The summed E-state index contributed by atoms with van der Waals surface area (Å²) in [5.74, 6) is 0. The van der Waals surface area contributed by atoms with Crippen LogP contribution in [0.25, 0.3) is 77.3 Å². The molecule has 0 aliphatic rings. The number of benzene rings is 4. The zero-order chi connectivity index (χ0) is 29.9. The van der Waals surface area contributed by atoms with Gasteiger partial charge in [0.1, 0.15) is 0 Å². The standard InChI is InChI=1S/C36H26N8/c1-19-5-13-31(41-37-19)27-17-28(32-14-6-20(2)38-42-32)24-11-12-26-30(34-16-8-22(4)40-44-34)18-29(33-15-7-21(3)39-43-33)25-10-9-23(27)35(24)36(25)26/h5-18H,1-4H3. The third kappa shape index (κ3) is 4.14. The number of hydrogen-bond donors (Lipinski definition) is 0. The Labute approximate surface area is 253 Å². The molecule has 8 rings (SSSR count). The van der Waals surface area contributed by atoms with Gasteiger partial charge in [0, 0.05) is 22.3 Å². The minimum atomic E-state index is 0.795. The van der Waals surface area contributed by atoms with Crippen molar-refractivity contribution < 1.29 is 0 Å². The van der Waals surface area contributed by atoms with E-state index in [1.807, 2.05) is 76.2 Å². The second kappa shape index (κ2) is 9.91. The highest BCUT2D eigenvalue weighted by Gasteiger charge is 2.22. The molecular weight excluding hydrogens is 544 g/mol. The summed E-state index contributed by atoms with van der Waals surface area (Å²) >= 11 is 0. The van der Waals surface area contributed by atoms with E-state index < -0.39 is 0 Å². The van der Waals surface area contributed by atoms with Crippen LogP contribution in [0.5, 0.6) is 0 Å². The highest BCUT2D eigenvalue weighted by molar-refractivity contribution is 6.31. The maximum atomic E-state index is 4.60. The fraction of sp³-hybridized carbons (Fsp3) is 0.111. The third-order valence-electron chi connectivity index (χ3n) is 8.19. The number of hydrogen-bond acceptors (Lipinski definition) is 8. The van der Waals surface area contributed by atoms with Crippen molar-refractivity contribution in [3.05, 3.63) is 108 Å². The molecule has 0 spiro atoms. The molecule has 4 aromatic carbocycles. The first-order valence-corrected chi connectivity index (χ1v) is 14.5. The van der Waals surface area contributed by atoms with Crippen molar-refractivity contribution in [2.45, 2.75) is 27.7 Å². The normalized spacial score (nSPS) is 11.6. The number of nitrogens with zero attached hydrogens (tertiary/aromatic N) is 8. The van der Waals surface area contributed by atoms with E-state index in [0.717, 1.165) is 100 Å². The second-order valence-electron chi connectivity index (χ2n) is 11.3. The predicted molar refractivity (Wildman–Crippen MR) is 173 cm³/mol. The van der Waals surface area contributed by atoms with Crippen LogP contribution in [0.3, 0.4) is 0 Å². The smallest absolute Gasteiger partial charge is 0.0936 e. The molecule has 44 heavy (non-hydrogen) atoms. The molecule has 0 fully saturated rings. The largest absolute Gasteiger partial charge is 0.155 e. The number of aryl methyl sites for hydroxylation is 4. The molecule has 8 heteroatoms. The summed E-state index contributed by atoms with van der Waals surface area (Å²) in [6, 6.07) is 29.1. The van der Waals surface area contributed by atoms with E-state index in [1.165, 1.54) is 0 Å². The monoisotopic (exact) mass is 570 g/mol. The Kier molecular flexibility index (Phi) is 5.84. The van der Waals surface area contributed by atoms with Gasteiger partial charge in [0.05, 0.1) is 45.6 Å². The number of rotatable bonds is 4. The molecule has 4 heterocycles. The van der Waals surface area contributed by atoms with Crippen LogP contribution in [0.1, 0.15) is 22.8 Å². The van der Waals surface area contributed by atoms with Crippen molar-refractivity contribution in [3.8, 4) is 45.0 Å². The van der Waals surface area contributed by atoms with Crippen LogP contribution in [-0.2, 0) is 0 Å². The van der Waals surface area contributed by atoms with Crippen LogP contribution >= 0.6 is 0 Å². The van der Waals surface area contributed by atoms with Crippen molar-refractivity contribution in [1.82, 2.24) is 40.8 Å². The maximum Gasteiger partial charge on any atom is 0.0936 e. The summed E-state index contributed by atoms with van der Waals surface area (Å²) in [6.45, 7) is 7.77. The molecule has 0 saturated heterocycles. The van der Waals surface area contributed by atoms with Crippen LogP contribution in [0.2, 0.25) is 0 Å². The van der Waals surface area contributed by atoms with E-state index in [0.29, 0.717) is 0 Å². The molecule has 0 bridgehead atoms. The minimum Gasteiger partial charge on any atom is -0.155 e. The molecule has 4 aromatic heterocycles. The molecular formula is C36H26N8. The molecule has 0 N–H and O–H groups in total. The van der Waals surface area contributed by atoms with Crippen LogP contribution in [0, 0.1) is 27.7 Å². The lowest BCUT2D eigenvalue weighted by Gasteiger charge is -2.20. The van der Waals surface area contributed by atoms with Gasteiger partial charge in [-0.25, -0.2) is 0 Å². The number of aromatic nitrogens is 8. The molecule has 210 valence electrons. The van der Waals surface area contributed by atoms with Crippen LogP contribution in [0.15, 0.2) is 84.9 Å². The Balaban J connectivity index is 1.56. The molecule has 8 nitrogen and oxygen atoms in total. The summed E-state index contributed by atoms with van der Waals surface area (Å²) in [7, 11) is 0. The molecule has 0 unspecified atom stereocenters. The fourth-order valence-electron chi connectivity index (χ4n) is 6.01. The molecule has 0 aliphatic carbocycles. The van der Waals surface area contributed by atoms with Gasteiger partial charge in [-0.05, 0) is 121 Å². The molecule has 0 saturated carbocycles. The Bertz CT molecular complexity index is 2000. The summed E-state index contributed by atoms with van der Waals surface area (Å²) in [5, 5.41) is 42.5. The topological polar surface area (TPSA) is 103 Å². The van der Waals surface area contributed by atoms with Gasteiger partial charge in [-0.1, -0.05) is 24.3 Å². The van der Waals surface area contributed by atoms with Gasteiger partial charge in [-0.3, -0.25) is 0 Å². The highest BCUT2D eigenvalue weighted by Crippen LogP contribution is 2.47. The van der Waals surface area contributed by atoms with Crippen molar-refractivity contribution in [2.24, 2.45) is 0 Å². The van der Waals surface area contributed by atoms with E-state index in [2.05, 4.69) is 77.2 Å². The van der Waals surface area contributed by atoms with Crippen molar-refractivity contribution >= 4 is 32.3 Å². The summed E-state index contributed by atoms with van der Waals surface area (Å²) < 4.78 is 0. The first-order valence-electron chi connectivity index (χ1n) is 14.5. The third-order valence-corrected chi connectivity index (χ3v) is 8.19.